The van der Waals surface area contributed by atoms with Crippen LogP contribution in [0.1, 0.15) is 58.3 Å². The average Bonchev–Trinajstić information content (AvgIpc) is 2.89. The number of aromatic nitrogens is 1. The van der Waals surface area contributed by atoms with Crippen molar-refractivity contribution in [3.63, 3.8) is 0 Å². The molecule has 110 valence electrons. The lowest BCUT2D eigenvalue weighted by Crippen LogP contribution is -1.99. The lowest BCUT2D eigenvalue weighted by atomic mass is 10.1. The molecular weight excluding hydrogens is 264 g/mol. The summed E-state index contributed by atoms with van der Waals surface area (Å²) in [6.45, 7) is 3.34. The molecule has 2 aromatic rings. The van der Waals surface area contributed by atoms with E-state index in [4.69, 9.17) is 0 Å². The summed E-state index contributed by atoms with van der Waals surface area (Å²) in [5, 5.41) is 6.02. The molecule has 2 rings (SSSR count). The highest BCUT2D eigenvalue weighted by Gasteiger charge is 2.03. The summed E-state index contributed by atoms with van der Waals surface area (Å²) in [6.07, 6.45) is 11.0. The van der Waals surface area contributed by atoms with E-state index < -0.39 is 0 Å². The molecule has 0 bridgehead atoms. The quantitative estimate of drug-likeness (QED) is 0.555. The third kappa shape index (κ3) is 4.78. The summed E-state index contributed by atoms with van der Waals surface area (Å²) in [5.41, 5.74) is 1.11. The Kier molecular flexibility index (Phi) is 6.85. The van der Waals surface area contributed by atoms with Gasteiger partial charge in [0.15, 0.2) is 0 Å². The molecule has 1 heterocycles. The Morgan fingerprint density at radius 2 is 1.65 bits per heavy atom. The van der Waals surface area contributed by atoms with E-state index in [0.717, 1.165) is 12.1 Å². The molecule has 1 N–H and O–H groups in total. The zero-order valence-corrected chi connectivity index (χ0v) is 13.3. The SMILES string of the molecule is CCCCCCCCCCNc1snc2ccccc12. The molecule has 0 spiro atoms. The fourth-order valence-electron chi connectivity index (χ4n) is 2.48. The van der Waals surface area contributed by atoms with E-state index in [9.17, 15) is 0 Å². The fourth-order valence-corrected chi connectivity index (χ4v) is 3.26. The standard InChI is InChI=1S/C17H26N2S/c1-2-3-4-5-6-7-8-11-14-18-17-15-12-9-10-13-16(15)19-20-17/h9-10,12-13,18H,2-8,11,14H2,1H3. The summed E-state index contributed by atoms with van der Waals surface area (Å²) in [7, 11) is 0. The number of fused-ring (bicyclic) bond motifs is 1. The summed E-state index contributed by atoms with van der Waals surface area (Å²) < 4.78 is 4.45. The number of nitrogens with one attached hydrogen (secondary N) is 1. The number of unbranched alkanes of at least 4 members (excludes halogenated alkanes) is 7. The first-order valence-electron chi connectivity index (χ1n) is 8.00. The molecule has 0 fully saturated rings. The van der Waals surface area contributed by atoms with Crippen LogP contribution < -0.4 is 5.32 Å². The van der Waals surface area contributed by atoms with Gasteiger partial charge in [0.25, 0.3) is 0 Å². The van der Waals surface area contributed by atoms with Gasteiger partial charge in [-0.05, 0) is 30.1 Å². The predicted molar refractivity (Wildman–Crippen MR) is 90.7 cm³/mol. The molecule has 2 nitrogen and oxygen atoms in total. The number of benzene rings is 1. The summed E-state index contributed by atoms with van der Waals surface area (Å²) in [5.74, 6) is 0. The first-order valence-corrected chi connectivity index (χ1v) is 8.77. The van der Waals surface area contributed by atoms with Gasteiger partial charge in [-0.25, -0.2) is 0 Å². The second-order valence-electron chi connectivity index (χ2n) is 5.43. The normalized spacial score (nSPS) is 11.1. The zero-order valence-electron chi connectivity index (χ0n) is 12.5. The molecule has 20 heavy (non-hydrogen) atoms. The van der Waals surface area contributed by atoms with Gasteiger partial charge in [-0.15, -0.1) is 0 Å². The summed E-state index contributed by atoms with van der Waals surface area (Å²) >= 11 is 1.58. The van der Waals surface area contributed by atoms with Crippen LogP contribution in [0.25, 0.3) is 10.9 Å². The second-order valence-corrected chi connectivity index (χ2v) is 6.20. The Balaban J connectivity index is 1.57. The van der Waals surface area contributed by atoms with Crippen molar-refractivity contribution < 1.29 is 0 Å². The topological polar surface area (TPSA) is 24.9 Å². The van der Waals surface area contributed by atoms with Crippen LogP contribution in [0.2, 0.25) is 0 Å². The van der Waals surface area contributed by atoms with E-state index in [-0.39, 0.29) is 0 Å². The van der Waals surface area contributed by atoms with Crippen molar-refractivity contribution in [3.05, 3.63) is 24.3 Å². The monoisotopic (exact) mass is 290 g/mol. The third-order valence-corrected chi connectivity index (χ3v) is 4.53. The number of anilines is 1. The molecule has 0 aliphatic rings. The van der Waals surface area contributed by atoms with E-state index in [1.165, 1.54) is 61.8 Å². The van der Waals surface area contributed by atoms with Crippen LogP contribution >= 0.6 is 11.5 Å². The number of hydrogen-bond donors (Lipinski definition) is 1. The Bertz CT molecular complexity index is 492. The van der Waals surface area contributed by atoms with E-state index in [0.29, 0.717) is 0 Å². The molecule has 0 atom stereocenters. The number of hydrogen-bond acceptors (Lipinski definition) is 3. The highest BCUT2D eigenvalue weighted by atomic mass is 32.1. The molecule has 1 aromatic carbocycles. The molecule has 0 saturated carbocycles. The second kappa shape index (κ2) is 8.96. The molecular formula is C17H26N2S. The molecule has 3 heteroatoms. The van der Waals surface area contributed by atoms with Crippen LogP contribution in [-0.2, 0) is 0 Å². The van der Waals surface area contributed by atoms with Crippen LogP contribution in [0.3, 0.4) is 0 Å². The minimum atomic E-state index is 1.07. The summed E-state index contributed by atoms with van der Waals surface area (Å²) in [4.78, 5) is 0. The summed E-state index contributed by atoms with van der Waals surface area (Å²) in [6, 6.07) is 8.35. The Hall–Kier alpha value is -1.09. The smallest absolute Gasteiger partial charge is 0.117 e. The van der Waals surface area contributed by atoms with Crippen LogP contribution in [-0.4, -0.2) is 10.9 Å². The van der Waals surface area contributed by atoms with Gasteiger partial charge in [0, 0.05) is 11.9 Å². The lowest BCUT2D eigenvalue weighted by Gasteiger charge is -2.04. The van der Waals surface area contributed by atoms with Gasteiger partial charge in [0.05, 0.1) is 5.52 Å². The Morgan fingerprint density at radius 3 is 2.45 bits per heavy atom. The number of rotatable bonds is 10. The lowest BCUT2D eigenvalue weighted by molar-refractivity contribution is 0.581. The van der Waals surface area contributed by atoms with Crippen LogP contribution in [0, 0.1) is 0 Å². The van der Waals surface area contributed by atoms with E-state index >= 15 is 0 Å². The van der Waals surface area contributed by atoms with E-state index in [1.807, 2.05) is 6.07 Å². The Morgan fingerprint density at radius 1 is 0.950 bits per heavy atom. The largest absolute Gasteiger partial charge is 0.375 e. The van der Waals surface area contributed by atoms with Crippen LogP contribution in [0.4, 0.5) is 5.00 Å². The van der Waals surface area contributed by atoms with Crippen LogP contribution in [0.5, 0.6) is 0 Å². The predicted octanol–water partition coefficient (Wildman–Crippen LogP) is 5.85. The first kappa shape index (κ1) is 15.3. The van der Waals surface area contributed by atoms with Crippen LogP contribution in [0.15, 0.2) is 24.3 Å². The van der Waals surface area contributed by atoms with Gasteiger partial charge in [0.1, 0.15) is 5.00 Å². The first-order chi connectivity index (χ1) is 9.92. The minimum Gasteiger partial charge on any atom is -0.375 e. The zero-order chi connectivity index (χ0) is 14.0. The molecule has 0 radical (unpaired) electrons. The fraction of sp³-hybridized carbons (Fsp3) is 0.588. The van der Waals surface area contributed by atoms with Gasteiger partial charge in [-0.3, -0.25) is 0 Å². The van der Waals surface area contributed by atoms with Crippen molar-refractivity contribution in [2.24, 2.45) is 0 Å². The van der Waals surface area contributed by atoms with Crippen molar-refractivity contribution in [1.29, 1.82) is 0 Å². The van der Waals surface area contributed by atoms with Crippen molar-refractivity contribution >= 4 is 27.4 Å². The van der Waals surface area contributed by atoms with Gasteiger partial charge in [0.2, 0.25) is 0 Å². The third-order valence-electron chi connectivity index (χ3n) is 3.70. The molecule has 1 aromatic heterocycles. The molecule has 0 amide bonds. The van der Waals surface area contributed by atoms with Crippen molar-refractivity contribution in [1.82, 2.24) is 4.37 Å². The van der Waals surface area contributed by atoms with Crippen molar-refractivity contribution in [2.75, 3.05) is 11.9 Å². The number of nitrogens with zero attached hydrogens (tertiary/aromatic N) is 1. The molecule has 0 saturated heterocycles. The minimum absolute atomic E-state index is 1.07. The van der Waals surface area contributed by atoms with Crippen molar-refractivity contribution in [3.8, 4) is 0 Å². The maximum Gasteiger partial charge on any atom is 0.117 e. The van der Waals surface area contributed by atoms with E-state index in [1.54, 1.807) is 11.5 Å². The van der Waals surface area contributed by atoms with Crippen molar-refractivity contribution in [2.45, 2.75) is 58.3 Å². The molecule has 0 aliphatic heterocycles. The average molecular weight is 290 g/mol. The highest BCUT2D eigenvalue weighted by molar-refractivity contribution is 7.11. The maximum atomic E-state index is 4.45. The Labute approximate surface area is 126 Å². The van der Waals surface area contributed by atoms with Gasteiger partial charge >= 0.3 is 0 Å². The molecule has 0 unspecified atom stereocenters. The van der Waals surface area contributed by atoms with Gasteiger partial charge in [-0.2, -0.15) is 4.37 Å². The van der Waals surface area contributed by atoms with Gasteiger partial charge in [-0.1, -0.05) is 64.0 Å². The maximum absolute atomic E-state index is 4.45. The molecule has 0 aliphatic carbocycles. The van der Waals surface area contributed by atoms with Gasteiger partial charge < -0.3 is 5.32 Å². The van der Waals surface area contributed by atoms with E-state index in [2.05, 4.69) is 34.8 Å². The highest BCUT2D eigenvalue weighted by Crippen LogP contribution is 2.27.